The van der Waals surface area contributed by atoms with Crippen LogP contribution in [0, 0.1) is 0 Å². The van der Waals surface area contributed by atoms with Gasteiger partial charge in [-0.1, -0.05) is 36.2 Å². The molecule has 20 heavy (non-hydrogen) atoms. The lowest BCUT2D eigenvalue weighted by molar-refractivity contribution is 0.526. The molecule has 0 amide bonds. The Hall–Kier alpha value is -1.16. The van der Waals surface area contributed by atoms with E-state index in [1.165, 1.54) is 0 Å². The smallest absolute Gasteiger partial charge is 0.0595 e. The lowest BCUT2D eigenvalue weighted by atomic mass is 10.0. The summed E-state index contributed by atoms with van der Waals surface area (Å²) >= 11 is 12.0. The van der Waals surface area contributed by atoms with Gasteiger partial charge >= 0.3 is 0 Å². The Morgan fingerprint density at radius 1 is 1.15 bits per heavy atom. The molecule has 0 aliphatic rings. The molecule has 0 bridgehead atoms. The van der Waals surface area contributed by atoms with Crippen LogP contribution in [0.3, 0.4) is 0 Å². The Morgan fingerprint density at radius 2 is 2.00 bits per heavy atom. The zero-order chi connectivity index (χ0) is 14.4. The van der Waals surface area contributed by atoms with E-state index in [1.807, 2.05) is 24.3 Å². The SMILES string of the molecule is CCCNC(Cc1ccc(Cl)c(Cl)c1)c1ccnnc1. The standard InChI is InChI=1S/C15H17Cl2N3/c1-2-6-18-15(12-5-7-19-20-10-12)9-11-3-4-13(16)14(17)8-11/h3-5,7-8,10,15,18H,2,6,9H2,1H3. The summed E-state index contributed by atoms with van der Waals surface area (Å²) in [5.74, 6) is 0. The minimum absolute atomic E-state index is 0.197. The highest BCUT2D eigenvalue weighted by atomic mass is 35.5. The first kappa shape index (κ1) is 15.2. The van der Waals surface area contributed by atoms with Crippen molar-refractivity contribution in [2.24, 2.45) is 0 Å². The van der Waals surface area contributed by atoms with Crippen molar-refractivity contribution in [3.8, 4) is 0 Å². The molecule has 1 atom stereocenters. The van der Waals surface area contributed by atoms with E-state index in [2.05, 4.69) is 22.4 Å². The zero-order valence-electron chi connectivity index (χ0n) is 11.3. The molecule has 1 heterocycles. The van der Waals surface area contributed by atoms with Crippen molar-refractivity contribution in [1.82, 2.24) is 15.5 Å². The topological polar surface area (TPSA) is 37.8 Å². The number of nitrogens with zero attached hydrogens (tertiary/aromatic N) is 2. The third kappa shape index (κ3) is 4.17. The Morgan fingerprint density at radius 3 is 2.65 bits per heavy atom. The summed E-state index contributed by atoms with van der Waals surface area (Å²) in [7, 11) is 0. The summed E-state index contributed by atoms with van der Waals surface area (Å²) in [5, 5.41) is 12.5. The third-order valence-electron chi connectivity index (χ3n) is 3.07. The molecule has 0 saturated carbocycles. The molecular weight excluding hydrogens is 293 g/mol. The number of benzene rings is 1. The van der Waals surface area contributed by atoms with Crippen LogP contribution in [-0.4, -0.2) is 16.7 Å². The summed E-state index contributed by atoms with van der Waals surface area (Å²) in [6.45, 7) is 3.10. The molecule has 1 aromatic heterocycles. The van der Waals surface area contributed by atoms with E-state index in [1.54, 1.807) is 12.4 Å². The van der Waals surface area contributed by atoms with Crippen LogP contribution in [-0.2, 0) is 6.42 Å². The van der Waals surface area contributed by atoms with E-state index in [0.717, 1.165) is 30.5 Å². The average Bonchev–Trinajstić information content (AvgIpc) is 2.48. The normalized spacial score (nSPS) is 12.3. The highest BCUT2D eigenvalue weighted by molar-refractivity contribution is 6.42. The second-order valence-corrected chi connectivity index (χ2v) is 5.45. The van der Waals surface area contributed by atoms with Gasteiger partial charge in [0, 0.05) is 12.2 Å². The number of aromatic nitrogens is 2. The Labute approximate surface area is 129 Å². The van der Waals surface area contributed by atoms with Gasteiger partial charge in [-0.25, -0.2) is 0 Å². The van der Waals surface area contributed by atoms with Crippen LogP contribution in [0.15, 0.2) is 36.7 Å². The molecule has 0 spiro atoms. The summed E-state index contributed by atoms with van der Waals surface area (Å²) < 4.78 is 0. The molecule has 1 N–H and O–H groups in total. The van der Waals surface area contributed by atoms with Crippen molar-refractivity contribution < 1.29 is 0 Å². The van der Waals surface area contributed by atoms with Gasteiger partial charge in [0.05, 0.1) is 16.2 Å². The fourth-order valence-electron chi connectivity index (χ4n) is 2.04. The predicted octanol–water partition coefficient (Wildman–Crippen LogP) is 4.07. The number of halogens is 2. The van der Waals surface area contributed by atoms with Gasteiger partial charge in [-0.15, -0.1) is 0 Å². The van der Waals surface area contributed by atoms with Crippen molar-refractivity contribution in [2.75, 3.05) is 6.54 Å². The molecule has 0 radical (unpaired) electrons. The van der Waals surface area contributed by atoms with E-state index in [4.69, 9.17) is 23.2 Å². The minimum Gasteiger partial charge on any atom is -0.310 e. The predicted molar refractivity (Wildman–Crippen MR) is 83.2 cm³/mol. The maximum Gasteiger partial charge on any atom is 0.0595 e. The zero-order valence-corrected chi connectivity index (χ0v) is 12.8. The fourth-order valence-corrected chi connectivity index (χ4v) is 2.36. The lowest BCUT2D eigenvalue weighted by Crippen LogP contribution is -2.24. The van der Waals surface area contributed by atoms with Crippen LogP contribution < -0.4 is 5.32 Å². The first-order valence-electron chi connectivity index (χ1n) is 6.64. The van der Waals surface area contributed by atoms with Crippen molar-refractivity contribution in [1.29, 1.82) is 0 Å². The van der Waals surface area contributed by atoms with Crippen molar-refractivity contribution in [3.05, 3.63) is 57.8 Å². The van der Waals surface area contributed by atoms with Crippen molar-refractivity contribution in [2.45, 2.75) is 25.8 Å². The summed E-state index contributed by atoms with van der Waals surface area (Å²) in [6, 6.07) is 7.93. The van der Waals surface area contributed by atoms with Crippen LogP contribution in [0.5, 0.6) is 0 Å². The quantitative estimate of drug-likeness (QED) is 0.874. The van der Waals surface area contributed by atoms with Gasteiger partial charge in [-0.05, 0) is 48.7 Å². The summed E-state index contributed by atoms with van der Waals surface area (Å²) in [4.78, 5) is 0. The Kier molecular flexibility index (Phi) is 5.77. The minimum atomic E-state index is 0.197. The van der Waals surface area contributed by atoms with Gasteiger partial charge in [-0.2, -0.15) is 10.2 Å². The van der Waals surface area contributed by atoms with Gasteiger partial charge in [0.2, 0.25) is 0 Å². The fraction of sp³-hybridized carbons (Fsp3) is 0.333. The van der Waals surface area contributed by atoms with Gasteiger partial charge in [0.15, 0.2) is 0 Å². The molecule has 0 aliphatic heterocycles. The molecular formula is C15H17Cl2N3. The molecule has 0 aliphatic carbocycles. The first-order chi connectivity index (χ1) is 9.70. The third-order valence-corrected chi connectivity index (χ3v) is 3.81. The second kappa shape index (κ2) is 7.58. The van der Waals surface area contributed by atoms with E-state index in [9.17, 15) is 0 Å². The molecule has 1 aromatic carbocycles. The molecule has 1 unspecified atom stereocenters. The summed E-state index contributed by atoms with van der Waals surface area (Å²) in [6.07, 6.45) is 5.43. The maximum atomic E-state index is 6.07. The Balaban J connectivity index is 2.17. The van der Waals surface area contributed by atoms with E-state index in [-0.39, 0.29) is 6.04 Å². The largest absolute Gasteiger partial charge is 0.310 e. The van der Waals surface area contributed by atoms with Crippen LogP contribution in [0.2, 0.25) is 10.0 Å². The average molecular weight is 310 g/mol. The van der Waals surface area contributed by atoms with Gasteiger partial charge < -0.3 is 5.32 Å². The molecule has 2 aromatic rings. The molecule has 0 fully saturated rings. The lowest BCUT2D eigenvalue weighted by Gasteiger charge is -2.18. The van der Waals surface area contributed by atoms with Crippen LogP contribution in [0.25, 0.3) is 0 Å². The summed E-state index contributed by atoms with van der Waals surface area (Å²) in [5.41, 5.74) is 2.27. The van der Waals surface area contributed by atoms with Crippen LogP contribution in [0.1, 0.15) is 30.5 Å². The van der Waals surface area contributed by atoms with Crippen LogP contribution >= 0.6 is 23.2 Å². The van der Waals surface area contributed by atoms with Gasteiger partial charge in [0.25, 0.3) is 0 Å². The molecule has 106 valence electrons. The van der Waals surface area contributed by atoms with Gasteiger partial charge in [0.1, 0.15) is 0 Å². The highest BCUT2D eigenvalue weighted by Crippen LogP contribution is 2.25. The number of hydrogen-bond donors (Lipinski definition) is 1. The maximum absolute atomic E-state index is 6.07. The molecule has 2 rings (SSSR count). The highest BCUT2D eigenvalue weighted by Gasteiger charge is 2.12. The van der Waals surface area contributed by atoms with Crippen LogP contribution in [0.4, 0.5) is 0 Å². The second-order valence-electron chi connectivity index (χ2n) is 4.64. The molecule has 5 heteroatoms. The number of rotatable bonds is 6. The monoisotopic (exact) mass is 309 g/mol. The first-order valence-corrected chi connectivity index (χ1v) is 7.40. The molecule has 0 saturated heterocycles. The van der Waals surface area contributed by atoms with Crippen molar-refractivity contribution >= 4 is 23.2 Å². The molecule has 3 nitrogen and oxygen atoms in total. The van der Waals surface area contributed by atoms with E-state index < -0.39 is 0 Å². The Bertz CT molecular complexity index is 546. The van der Waals surface area contributed by atoms with E-state index in [0.29, 0.717) is 10.0 Å². The van der Waals surface area contributed by atoms with Crippen molar-refractivity contribution in [3.63, 3.8) is 0 Å². The number of hydrogen-bond acceptors (Lipinski definition) is 3. The van der Waals surface area contributed by atoms with E-state index >= 15 is 0 Å². The van der Waals surface area contributed by atoms with Gasteiger partial charge in [-0.3, -0.25) is 0 Å². The number of nitrogens with one attached hydrogen (secondary N) is 1.